The molecule has 2 radical (unpaired) electrons. The molecule has 0 aliphatic carbocycles. The second kappa shape index (κ2) is 12.8. The summed E-state index contributed by atoms with van der Waals surface area (Å²) < 4.78 is 0. The summed E-state index contributed by atoms with van der Waals surface area (Å²) in [5, 5.41) is 0. The Morgan fingerprint density at radius 3 is 1.43 bits per heavy atom. The molecule has 0 fully saturated rings. The third-order valence-corrected chi connectivity index (χ3v) is 6.18. The van der Waals surface area contributed by atoms with Crippen molar-refractivity contribution in [1.82, 2.24) is 0 Å². The van der Waals surface area contributed by atoms with Crippen LogP contribution < -0.4 is 0 Å². The van der Waals surface area contributed by atoms with Gasteiger partial charge in [-0.1, -0.05) is 103 Å². The van der Waals surface area contributed by atoms with Crippen LogP contribution in [0, 0.1) is 12.1 Å². The van der Waals surface area contributed by atoms with Gasteiger partial charge in [-0.3, -0.25) is 0 Å². The highest BCUT2D eigenvalue weighted by atomic mass is 14.2. The highest BCUT2D eigenvalue weighted by Crippen LogP contribution is 2.32. The molecule has 0 heterocycles. The fraction of sp³-hybridized carbons (Fsp3) is 0.571. The van der Waals surface area contributed by atoms with Gasteiger partial charge in [-0.15, -0.1) is 0 Å². The summed E-state index contributed by atoms with van der Waals surface area (Å²) >= 11 is 0. The summed E-state index contributed by atoms with van der Waals surface area (Å²) in [6, 6.07) is 20.5. The Balaban J connectivity index is 2.18. The monoisotopic (exact) mass is 376 g/mol. The normalized spacial score (nSPS) is 13.4. The van der Waals surface area contributed by atoms with Crippen LogP contribution in [0.2, 0.25) is 0 Å². The molecule has 28 heavy (non-hydrogen) atoms. The standard InChI is InChI=1S/C28H40/c1-5-9-11-15-23(7-3)25-17-13-19-27(21-25)28-20-14-18-26(22-28)24(8-4)16-12-10-6-2/h13-14,17-18,21-24H,5-12,15-16H2,1-4H3. The van der Waals surface area contributed by atoms with Gasteiger partial charge in [0.1, 0.15) is 0 Å². The highest BCUT2D eigenvalue weighted by Gasteiger charge is 2.13. The molecule has 2 unspecified atom stereocenters. The Hall–Kier alpha value is -1.56. The van der Waals surface area contributed by atoms with E-state index in [2.05, 4.69) is 76.2 Å². The number of rotatable bonds is 13. The van der Waals surface area contributed by atoms with E-state index in [0.29, 0.717) is 11.8 Å². The van der Waals surface area contributed by atoms with E-state index in [1.54, 1.807) is 0 Å². The van der Waals surface area contributed by atoms with Crippen molar-refractivity contribution in [1.29, 1.82) is 0 Å². The predicted octanol–water partition coefficient (Wildman–Crippen LogP) is 9.10. The molecule has 0 amide bonds. The largest absolute Gasteiger partial charge is 0.0654 e. The lowest BCUT2D eigenvalue weighted by Gasteiger charge is -2.18. The number of hydrogen-bond acceptors (Lipinski definition) is 0. The number of hydrogen-bond donors (Lipinski definition) is 0. The lowest BCUT2D eigenvalue weighted by molar-refractivity contribution is 0.553. The molecular formula is C28H40. The maximum atomic E-state index is 3.48. The van der Waals surface area contributed by atoms with Crippen molar-refractivity contribution in [2.75, 3.05) is 0 Å². The van der Waals surface area contributed by atoms with E-state index in [1.165, 1.54) is 86.5 Å². The van der Waals surface area contributed by atoms with Crippen LogP contribution in [0.4, 0.5) is 0 Å². The molecule has 0 aliphatic rings. The average molecular weight is 377 g/mol. The molecule has 2 atom stereocenters. The minimum Gasteiger partial charge on any atom is -0.0654 e. The van der Waals surface area contributed by atoms with Gasteiger partial charge in [-0.25, -0.2) is 0 Å². The van der Waals surface area contributed by atoms with Crippen LogP contribution in [0.5, 0.6) is 0 Å². The van der Waals surface area contributed by atoms with Crippen molar-refractivity contribution in [3.8, 4) is 11.1 Å². The van der Waals surface area contributed by atoms with E-state index in [1.807, 2.05) is 0 Å². The van der Waals surface area contributed by atoms with Crippen molar-refractivity contribution in [3.63, 3.8) is 0 Å². The molecule has 0 N–H and O–H groups in total. The molecule has 0 heteroatoms. The van der Waals surface area contributed by atoms with Gasteiger partial charge < -0.3 is 0 Å². The van der Waals surface area contributed by atoms with Gasteiger partial charge in [-0.2, -0.15) is 0 Å². The lowest BCUT2D eigenvalue weighted by atomic mass is 9.87. The maximum Gasteiger partial charge on any atom is -0.00960 e. The summed E-state index contributed by atoms with van der Waals surface area (Å²) in [7, 11) is 0. The molecule has 0 bridgehead atoms. The summed E-state index contributed by atoms with van der Waals surface area (Å²) in [6.07, 6.45) is 13.0. The molecule has 0 nitrogen and oxygen atoms in total. The average Bonchev–Trinajstić information content (AvgIpc) is 2.75. The van der Waals surface area contributed by atoms with Crippen LogP contribution in [-0.2, 0) is 0 Å². The van der Waals surface area contributed by atoms with Crippen molar-refractivity contribution in [2.45, 2.75) is 104 Å². The van der Waals surface area contributed by atoms with Crippen LogP contribution in [0.15, 0.2) is 36.4 Å². The lowest BCUT2D eigenvalue weighted by Crippen LogP contribution is -1.99. The first-order valence-electron chi connectivity index (χ1n) is 11.8. The van der Waals surface area contributed by atoms with Gasteiger partial charge >= 0.3 is 0 Å². The Bertz CT molecular complexity index is 610. The Kier molecular flexibility index (Phi) is 10.4. The van der Waals surface area contributed by atoms with Crippen molar-refractivity contribution in [3.05, 3.63) is 59.7 Å². The minimum absolute atomic E-state index is 0.667. The fourth-order valence-electron chi connectivity index (χ4n) is 4.28. The van der Waals surface area contributed by atoms with E-state index in [9.17, 15) is 0 Å². The van der Waals surface area contributed by atoms with Gasteiger partial charge in [-0.05, 0) is 71.9 Å². The number of unbranched alkanes of at least 4 members (excludes halogenated alkanes) is 4. The van der Waals surface area contributed by atoms with Gasteiger partial charge in [0.05, 0.1) is 0 Å². The zero-order chi connectivity index (χ0) is 20.2. The van der Waals surface area contributed by atoms with E-state index < -0.39 is 0 Å². The van der Waals surface area contributed by atoms with Gasteiger partial charge in [0.15, 0.2) is 0 Å². The molecule has 0 aromatic heterocycles. The molecule has 152 valence electrons. The number of benzene rings is 2. The van der Waals surface area contributed by atoms with Gasteiger partial charge in [0.25, 0.3) is 0 Å². The van der Waals surface area contributed by atoms with Crippen LogP contribution >= 0.6 is 0 Å². The van der Waals surface area contributed by atoms with Crippen LogP contribution in [0.25, 0.3) is 11.1 Å². The molecule has 2 aromatic rings. The van der Waals surface area contributed by atoms with Crippen molar-refractivity contribution >= 4 is 0 Å². The SMILES string of the molecule is CCCCCC(CC)c1cc[c]c(-c2[c]ccc(C(CC)CCCCC)c2)c1. The summed E-state index contributed by atoms with van der Waals surface area (Å²) in [5.41, 5.74) is 5.36. The van der Waals surface area contributed by atoms with E-state index in [-0.39, 0.29) is 0 Å². The molecule has 2 rings (SSSR count). The summed E-state index contributed by atoms with van der Waals surface area (Å²) in [5.74, 6) is 1.33. The predicted molar refractivity (Wildman–Crippen MR) is 124 cm³/mol. The third-order valence-electron chi connectivity index (χ3n) is 6.18. The first kappa shape index (κ1) is 22.7. The molecular weight excluding hydrogens is 336 g/mol. The highest BCUT2D eigenvalue weighted by molar-refractivity contribution is 5.64. The Labute approximate surface area is 174 Å². The molecule has 0 saturated carbocycles. The van der Waals surface area contributed by atoms with E-state index in [4.69, 9.17) is 0 Å². The summed E-state index contributed by atoms with van der Waals surface area (Å²) in [6.45, 7) is 9.21. The zero-order valence-electron chi connectivity index (χ0n) is 18.7. The third kappa shape index (κ3) is 6.80. The molecule has 0 aliphatic heterocycles. The Morgan fingerprint density at radius 1 is 0.643 bits per heavy atom. The van der Waals surface area contributed by atoms with E-state index in [0.717, 1.165) is 0 Å². The minimum atomic E-state index is 0.667. The molecule has 2 aromatic carbocycles. The first-order valence-corrected chi connectivity index (χ1v) is 11.8. The van der Waals surface area contributed by atoms with Crippen molar-refractivity contribution in [2.24, 2.45) is 0 Å². The van der Waals surface area contributed by atoms with Gasteiger partial charge in [0.2, 0.25) is 0 Å². The van der Waals surface area contributed by atoms with Crippen LogP contribution in [0.3, 0.4) is 0 Å². The van der Waals surface area contributed by atoms with Crippen LogP contribution in [0.1, 0.15) is 115 Å². The summed E-state index contributed by atoms with van der Waals surface area (Å²) in [4.78, 5) is 0. The second-order valence-electron chi connectivity index (χ2n) is 8.27. The maximum absolute atomic E-state index is 3.48. The quantitative estimate of drug-likeness (QED) is 0.306. The molecule has 0 spiro atoms. The topological polar surface area (TPSA) is 0 Å². The van der Waals surface area contributed by atoms with E-state index >= 15 is 0 Å². The fourth-order valence-corrected chi connectivity index (χ4v) is 4.28. The Morgan fingerprint density at radius 2 is 1.07 bits per heavy atom. The van der Waals surface area contributed by atoms with Crippen molar-refractivity contribution < 1.29 is 0 Å². The van der Waals surface area contributed by atoms with Gasteiger partial charge in [0, 0.05) is 0 Å². The zero-order valence-corrected chi connectivity index (χ0v) is 18.7. The smallest absolute Gasteiger partial charge is 0.00960 e. The molecule has 0 saturated heterocycles. The van der Waals surface area contributed by atoms with Crippen LogP contribution in [-0.4, -0.2) is 0 Å². The second-order valence-corrected chi connectivity index (χ2v) is 8.27. The first-order chi connectivity index (χ1) is 13.7.